The zero-order valence-electron chi connectivity index (χ0n) is 12.0. The van der Waals surface area contributed by atoms with Crippen molar-refractivity contribution in [2.75, 3.05) is 6.61 Å². The summed E-state index contributed by atoms with van der Waals surface area (Å²) in [5, 5.41) is 0. The van der Waals surface area contributed by atoms with Gasteiger partial charge in [-0.25, -0.2) is 0 Å². The van der Waals surface area contributed by atoms with Gasteiger partial charge in [-0.1, -0.05) is 0 Å². The van der Waals surface area contributed by atoms with Gasteiger partial charge in [0.25, 0.3) is 0 Å². The van der Waals surface area contributed by atoms with E-state index in [0.29, 0.717) is 23.5 Å². The lowest BCUT2D eigenvalue weighted by molar-refractivity contribution is 0.103. The predicted molar refractivity (Wildman–Crippen MR) is 81.7 cm³/mol. The SMILES string of the molecule is CCOc1ccc(C(=O)c2c(C)oc(C)c2C)c(Br)c1. The first-order valence-electron chi connectivity index (χ1n) is 6.49. The molecule has 0 spiro atoms. The molecule has 20 heavy (non-hydrogen) atoms. The van der Waals surface area contributed by atoms with E-state index < -0.39 is 0 Å². The molecule has 0 unspecified atom stereocenters. The zero-order chi connectivity index (χ0) is 14.9. The lowest BCUT2D eigenvalue weighted by Crippen LogP contribution is -2.05. The topological polar surface area (TPSA) is 39.4 Å². The third kappa shape index (κ3) is 2.66. The van der Waals surface area contributed by atoms with Crippen molar-refractivity contribution >= 4 is 21.7 Å². The Hall–Kier alpha value is -1.55. The van der Waals surface area contributed by atoms with E-state index in [2.05, 4.69) is 15.9 Å². The summed E-state index contributed by atoms with van der Waals surface area (Å²) in [4.78, 5) is 12.7. The Kier molecular flexibility index (Phi) is 4.33. The molecule has 0 radical (unpaired) electrons. The molecule has 2 aromatic rings. The second-order valence-electron chi connectivity index (χ2n) is 4.62. The molecule has 2 rings (SSSR count). The maximum absolute atomic E-state index is 12.7. The molecule has 0 aliphatic carbocycles. The maximum Gasteiger partial charge on any atom is 0.197 e. The van der Waals surface area contributed by atoms with Gasteiger partial charge in [0, 0.05) is 15.6 Å². The average Bonchev–Trinajstić information content (AvgIpc) is 2.63. The van der Waals surface area contributed by atoms with Gasteiger partial charge in [0.05, 0.1) is 12.2 Å². The number of rotatable bonds is 4. The Morgan fingerprint density at radius 3 is 2.45 bits per heavy atom. The van der Waals surface area contributed by atoms with Gasteiger partial charge in [-0.15, -0.1) is 0 Å². The molecule has 0 atom stereocenters. The summed E-state index contributed by atoms with van der Waals surface area (Å²) < 4.78 is 11.7. The van der Waals surface area contributed by atoms with Crippen molar-refractivity contribution < 1.29 is 13.9 Å². The maximum atomic E-state index is 12.7. The Labute approximate surface area is 127 Å². The molecule has 0 amide bonds. The monoisotopic (exact) mass is 336 g/mol. The number of carbonyl (C=O) groups excluding carboxylic acids is 1. The Morgan fingerprint density at radius 2 is 1.95 bits per heavy atom. The van der Waals surface area contributed by atoms with Crippen LogP contribution in [0.15, 0.2) is 27.1 Å². The Morgan fingerprint density at radius 1 is 1.25 bits per heavy atom. The van der Waals surface area contributed by atoms with Gasteiger partial charge in [-0.2, -0.15) is 0 Å². The molecular weight excluding hydrogens is 320 g/mol. The lowest BCUT2D eigenvalue weighted by Gasteiger charge is -2.07. The second kappa shape index (κ2) is 5.83. The Balaban J connectivity index is 2.43. The second-order valence-corrected chi connectivity index (χ2v) is 5.47. The number of ketones is 1. The minimum atomic E-state index is -0.0354. The van der Waals surface area contributed by atoms with E-state index in [0.717, 1.165) is 21.5 Å². The number of carbonyl (C=O) groups is 1. The minimum Gasteiger partial charge on any atom is -0.494 e. The van der Waals surface area contributed by atoms with Crippen molar-refractivity contribution in [1.29, 1.82) is 0 Å². The van der Waals surface area contributed by atoms with Gasteiger partial charge < -0.3 is 9.15 Å². The van der Waals surface area contributed by atoms with Gasteiger partial charge >= 0.3 is 0 Å². The standard InChI is InChI=1S/C16H17BrO3/c1-5-19-12-6-7-13(14(17)8-12)16(18)15-9(2)10(3)20-11(15)4/h6-8H,5H2,1-4H3. The summed E-state index contributed by atoms with van der Waals surface area (Å²) in [5.74, 6) is 2.15. The largest absolute Gasteiger partial charge is 0.494 e. The molecule has 1 aromatic heterocycles. The zero-order valence-corrected chi connectivity index (χ0v) is 13.6. The van der Waals surface area contributed by atoms with Crippen molar-refractivity contribution in [3.05, 3.63) is 50.9 Å². The number of furan rings is 1. The summed E-state index contributed by atoms with van der Waals surface area (Å²) >= 11 is 3.44. The number of benzene rings is 1. The Bertz CT molecular complexity index is 656. The predicted octanol–water partition coefficient (Wildman–Crippen LogP) is 4.60. The quantitative estimate of drug-likeness (QED) is 0.766. The van der Waals surface area contributed by atoms with Gasteiger partial charge in [0.1, 0.15) is 17.3 Å². The molecule has 0 aliphatic heterocycles. The highest BCUT2D eigenvalue weighted by atomic mass is 79.9. The van der Waals surface area contributed by atoms with Crippen molar-refractivity contribution in [1.82, 2.24) is 0 Å². The highest BCUT2D eigenvalue weighted by Crippen LogP contribution is 2.29. The van der Waals surface area contributed by atoms with Crippen LogP contribution in [0.25, 0.3) is 0 Å². The van der Waals surface area contributed by atoms with Crippen molar-refractivity contribution in [3.8, 4) is 5.75 Å². The summed E-state index contributed by atoms with van der Waals surface area (Å²) in [6.45, 7) is 8.11. The van der Waals surface area contributed by atoms with Crippen molar-refractivity contribution in [3.63, 3.8) is 0 Å². The average molecular weight is 337 g/mol. The molecule has 3 nitrogen and oxygen atoms in total. The molecule has 4 heteroatoms. The van der Waals surface area contributed by atoms with Crippen LogP contribution in [0.5, 0.6) is 5.75 Å². The van der Waals surface area contributed by atoms with E-state index in [1.165, 1.54) is 0 Å². The van der Waals surface area contributed by atoms with E-state index in [4.69, 9.17) is 9.15 Å². The smallest absolute Gasteiger partial charge is 0.197 e. The van der Waals surface area contributed by atoms with Crippen LogP contribution in [-0.4, -0.2) is 12.4 Å². The van der Waals surface area contributed by atoms with E-state index in [1.54, 1.807) is 12.1 Å². The van der Waals surface area contributed by atoms with E-state index >= 15 is 0 Å². The summed E-state index contributed by atoms with van der Waals surface area (Å²) in [6.07, 6.45) is 0. The fourth-order valence-corrected chi connectivity index (χ4v) is 2.74. The third-order valence-electron chi connectivity index (χ3n) is 3.28. The van der Waals surface area contributed by atoms with Crippen molar-refractivity contribution in [2.24, 2.45) is 0 Å². The molecule has 106 valence electrons. The van der Waals surface area contributed by atoms with Gasteiger partial charge in [-0.05, 0) is 61.8 Å². The van der Waals surface area contributed by atoms with Crippen LogP contribution in [-0.2, 0) is 0 Å². The van der Waals surface area contributed by atoms with Crippen molar-refractivity contribution in [2.45, 2.75) is 27.7 Å². The highest BCUT2D eigenvalue weighted by molar-refractivity contribution is 9.10. The third-order valence-corrected chi connectivity index (χ3v) is 3.94. The van der Waals surface area contributed by atoms with Gasteiger partial charge in [0.2, 0.25) is 0 Å². The van der Waals surface area contributed by atoms with E-state index in [-0.39, 0.29) is 5.78 Å². The van der Waals surface area contributed by atoms with Crippen LogP contribution in [0.1, 0.15) is 39.9 Å². The van der Waals surface area contributed by atoms with Crippen LogP contribution < -0.4 is 4.74 Å². The fraction of sp³-hybridized carbons (Fsp3) is 0.312. The number of halogens is 1. The molecule has 0 fully saturated rings. The molecule has 0 bridgehead atoms. The van der Waals surface area contributed by atoms with Gasteiger partial charge in [-0.3, -0.25) is 4.79 Å². The summed E-state index contributed by atoms with van der Waals surface area (Å²) in [7, 11) is 0. The molecule has 1 heterocycles. The molecular formula is C16H17BrO3. The first-order valence-corrected chi connectivity index (χ1v) is 7.28. The van der Waals surface area contributed by atoms with Gasteiger partial charge in [0.15, 0.2) is 5.78 Å². The number of hydrogen-bond acceptors (Lipinski definition) is 3. The molecule has 0 saturated heterocycles. The summed E-state index contributed by atoms with van der Waals surface area (Å²) in [6, 6.07) is 5.39. The first-order chi connectivity index (χ1) is 9.45. The number of hydrogen-bond donors (Lipinski definition) is 0. The number of aryl methyl sites for hydroxylation is 2. The first kappa shape index (κ1) is 14.9. The normalized spacial score (nSPS) is 10.7. The molecule has 0 aliphatic rings. The van der Waals surface area contributed by atoms with Crippen LogP contribution >= 0.6 is 15.9 Å². The molecule has 0 N–H and O–H groups in total. The van der Waals surface area contributed by atoms with Crippen LogP contribution in [0.4, 0.5) is 0 Å². The minimum absolute atomic E-state index is 0.0354. The highest BCUT2D eigenvalue weighted by Gasteiger charge is 2.21. The van der Waals surface area contributed by atoms with E-state index in [9.17, 15) is 4.79 Å². The van der Waals surface area contributed by atoms with Crippen LogP contribution in [0.3, 0.4) is 0 Å². The van der Waals surface area contributed by atoms with Crippen LogP contribution in [0, 0.1) is 20.8 Å². The van der Waals surface area contributed by atoms with E-state index in [1.807, 2.05) is 33.8 Å². The molecule has 0 saturated carbocycles. The lowest BCUT2D eigenvalue weighted by atomic mass is 10.00. The number of ether oxygens (including phenoxy) is 1. The van der Waals surface area contributed by atoms with Crippen LogP contribution in [0.2, 0.25) is 0 Å². The summed E-state index contributed by atoms with van der Waals surface area (Å²) in [5.41, 5.74) is 2.15. The molecule has 1 aromatic carbocycles. The fourth-order valence-electron chi connectivity index (χ4n) is 2.20.